The minimum Gasteiger partial charge on any atom is -0.505 e. The van der Waals surface area contributed by atoms with Crippen LogP contribution in [0.1, 0.15) is 93.4 Å². The predicted molar refractivity (Wildman–Crippen MR) is 125 cm³/mol. The fourth-order valence-electron chi connectivity index (χ4n) is 3.28. The average Bonchev–Trinajstić information content (AvgIpc) is 2.64. The van der Waals surface area contributed by atoms with Crippen molar-refractivity contribution >= 4 is 11.6 Å². The van der Waals surface area contributed by atoms with Crippen LogP contribution in [0.3, 0.4) is 0 Å². The van der Waals surface area contributed by atoms with E-state index >= 15 is 0 Å². The van der Waals surface area contributed by atoms with E-state index in [0.29, 0.717) is 24.2 Å². The molecule has 0 saturated carbocycles. The van der Waals surface area contributed by atoms with Crippen LogP contribution in [0.2, 0.25) is 0 Å². The number of aliphatic hydroxyl groups is 1. The summed E-state index contributed by atoms with van der Waals surface area (Å²) in [6.45, 7) is 15.2. The van der Waals surface area contributed by atoms with Crippen molar-refractivity contribution in [3.8, 4) is 0 Å². The lowest BCUT2D eigenvalue weighted by molar-refractivity contribution is -0.132. The summed E-state index contributed by atoms with van der Waals surface area (Å²) >= 11 is 0. The lowest BCUT2D eigenvalue weighted by atomic mass is 9.86. The van der Waals surface area contributed by atoms with Gasteiger partial charge in [-0.25, -0.2) is 0 Å². The molecule has 1 aliphatic carbocycles. The molecule has 4 nitrogen and oxygen atoms in total. The lowest BCUT2D eigenvalue weighted by Gasteiger charge is -2.26. The zero-order chi connectivity index (χ0) is 22.9. The predicted octanol–water partition coefficient (Wildman–Crippen LogP) is 6.50. The number of aliphatic hydroxyl groups excluding tert-OH is 1. The highest BCUT2D eigenvalue weighted by Gasteiger charge is 2.34. The molecular weight excluding hydrogens is 374 g/mol. The van der Waals surface area contributed by atoms with Gasteiger partial charge in [-0.05, 0) is 58.3 Å². The second-order valence-corrected chi connectivity index (χ2v) is 9.79. The Morgan fingerprint density at radius 1 is 1.00 bits per heavy atom. The molecule has 0 fully saturated rings. The van der Waals surface area contributed by atoms with Crippen LogP contribution < -0.4 is 5.32 Å². The maximum absolute atomic E-state index is 12.9. The van der Waals surface area contributed by atoms with Crippen LogP contribution in [-0.4, -0.2) is 23.2 Å². The standard InChI is InChI=1S/C26H41NO3/c1-8-9-10-14-20-22(27-17-26(5,6)7)23(28)21(25(30)24(20)29)16-15-19(4)13-11-12-18(2)3/h12,15,27-28H,8-11,13-14,16-17H2,1-7H3/b19-15+. The Morgan fingerprint density at radius 3 is 2.20 bits per heavy atom. The first-order valence-corrected chi connectivity index (χ1v) is 11.3. The number of carbonyl (C=O) groups is 2. The van der Waals surface area contributed by atoms with Crippen LogP contribution in [0.5, 0.6) is 0 Å². The van der Waals surface area contributed by atoms with Crippen LogP contribution in [0.4, 0.5) is 0 Å². The Morgan fingerprint density at radius 2 is 1.63 bits per heavy atom. The molecule has 168 valence electrons. The zero-order valence-electron chi connectivity index (χ0n) is 20.1. The number of allylic oxidation sites excluding steroid dienone is 6. The van der Waals surface area contributed by atoms with E-state index < -0.39 is 11.6 Å². The van der Waals surface area contributed by atoms with Crippen LogP contribution in [-0.2, 0) is 9.59 Å². The second kappa shape index (κ2) is 11.9. The highest BCUT2D eigenvalue weighted by atomic mass is 16.3. The van der Waals surface area contributed by atoms with E-state index in [2.05, 4.69) is 52.9 Å². The van der Waals surface area contributed by atoms with Gasteiger partial charge in [-0.15, -0.1) is 0 Å². The van der Waals surface area contributed by atoms with E-state index in [1.165, 1.54) is 5.57 Å². The van der Waals surface area contributed by atoms with E-state index in [4.69, 9.17) is 0 Å². The molecule has 0 unspecified atom stereocenters. The van der Waals surface area contributed by atoms with Crippen molar-refractivity contribution in [3.05, 3.63) is 45.9 Å². The van der Waals surface area contributed by atoms with Gasteiger partial charge in [-0.1, -0.05) is 63.8 Å². The third-order valence-electron chi connectivity index (χ3n) is 5.15. The maximum Gasteiger partial charge on any atom is 0.233 e. The number of carbonyl (C=O) groups excluding carboxylic acids is 2. The number of unbranched alkanes of at least 4 members (excludes halogenated alkanes) is 2. The minimum absolute atomic E-state index is 0.0199. The third-order valence-corrected chi connectivity index (χ3v) is 5.15. The molecule has 0 aliphatic heterocycles. The summed E-state index contributed by atoms with van der Waals surface area (Å²) in [5.74, 6) is -1.08. The van der Waals surface area contributed by atoms with E-state index in [1.807, 2.05) is 13.0 Å². The summed E-state index contributed by atoms with van der Waals surface area (Å²) in [5, 5.41) is 14.2. The van der Waals surface area contributed by atoms with Gasteiger partial charge in [-0.2, -0.15) is 0 Å². The normalized spacial score (nSPS) is 15.8. The number of ketones is 2. The molecule has 0 bridgehead atoms. The van der Waals surface area contributed by atoms with Gasteiger partial charge in [0.25, 0.3) is 0 Å². The summed E-state index contributed by atoms with van der Waals surface area (Å²) in [5.41, 5.74) is 3.51. The van der Waals surface area contributed by atoms with Gasteiger partial charge in [0.2, 0.25) is 11.6 Å². The summed E-state index contributed by atoms with van der Waals surface area (Å²) in [4.78, 5) is 25.7. The van der Waals surface area contributed by atoms with Crippen molar-refractivity contribution in [2.75, 3.05) is 6.54 Å². The Kier molecular flexibility index (Phi) is 10.3. The van der Waals surface area contributed by atoms with Crippen LogP contribution in [0, 0.1) is 5.41 Å². The molecule has 30 heavy (non-hydrogen) atoms. The van der Waals surface area contributed by atoms with Crippen molar-refractivity contribution < 1.29 is 14.7 Å². The fraction of sp³-hybridized carbons (Fsp3) is 0.615. The van der Waals surface area contributed by atoms with Crippen molar-refractivity contribution in [1.29, 1.82) is 0 Å². The summed E-state index contributed by atoms with van der Waals surface area (Å²) < 4.78 is 0. The summed E-state index contributed by atoms with van der Waals surface area (Å²) in [6, 6.07) is 0. The number of rotatable bonds is 11. The molecule has 4 heteroatoms. The molecule has 0 aromatic heterocycles. The SMILES string of the molecule is CCCCCC1=C(NCC(C)(C)C)C(O)=C(C/C=C(\C)CCC=C(C)C)C(=O)C1=O. The molecule has 0 atom stereocenters. The molecule has 0 aromatic rings. The Balaban J connectivity index is 3.16. The monoisotopic (exact) mass is 415 g/mol. The lowest BCUT2D eigenvalue weighted by Crippen LogP contribution is -2.34. The molecule has 0 amide bonds. The first kappa shape index (κ1) is 25.9. The zero-order valence-corrected chi connectivity index (χ0v) is 20.1. The molecule has 0 radical (unpaired) electrons. The largest absolute Gasteiger partial charge is 0.505 e. The first-order chi connectivity index (χ1) is 14.0. The van der Waals surface area contributed by atoms with Crippen molar-refractivity contribution in [3.63, 3.8) is 0 Å². The van der Waals surface area contributed by atoms with Gasteiger partial charge in [0.1, 0.15) is 5.76 Å². The maximum atomic E-state index is 12.9. The van der Waals surface area contributed by atoms with Crippen molar-refractivity contribution in [1.82, 2.24) is 5.32 Å². The van der Waals surface area contributed by atoms with Gasteiger partial charge in [-0.3, -0.25) is 9.59 Å². The number of Topliss-reactive ketones (excluding diaryl/α,β-unsaturated/α-hetero) is 2. The summed E-state index contributed by atoms with van der Waals surface area (Å²) in [7, 11) is 0. The molecule has 0 heterocycles. The van der Waals surface area contributed by atoms with E-state index in [0.717, 1.165) is 37.7 Å². The molecule has 0 spiro atoms. The van der Waals surface area contributed by atoms with Gasteiger partial charge in [0.05, 0.1) is 11.3 Å². The van der Waals surface area contributed by atoms with Gasteiger partial charge < -0.3 is 10.4 Å². The fourth-order valence-corrected chi connectivity index (χ4v) is 3.28. The third kappa shape index (κ3) is 8.33. The first-order valence-electron chi connectivity index (χ1n) is 11.3. The second-order valence-electron chi connectivity index (χ2n) is 9.79. The molecule has 0 aromatic carbocycles. The number of hydrogen-bond donors (Lipinski definition) is 2. The van der Waals surface area contributed by atoms with Gasteiger partial charge in [0.15, 0.2) is 0 Å². The minimum atomic E-state index is -0.561. The summed E-state index contributed by atoms with van der Waals surface area (Å²) in [6.07, 6.45) is 9.63. The van der Waals surface area contributed by atoms with E-state index in [1.54, 1.807) is 0 Å². The molecule has 0 saturated heterocycles. The molecule has 2 N–H and O–H groups in total. The molecular formula is C26H41NO3. The highest BCUT2D eigenvalue weighted by molar-refractivity contribution is 6.50. The Bertz CT molecular complexity index is 754. The van der Waals surface area contributed by atoms with E-state index in [-0.39, 0.29) is 23.2 Å². The van der Waals surface area contributed by atoms with Crippen molar-refractivity contribution in [2.45, 2.75) is 93.4 Å². The molecule has 1 aliphatic rings. The van der Waals surface area contributed by atoms with Gasteiger partial charge in [0, 0.05) is 12.1 Å². The smallest absolute Gasteiger partial charge is 0.233 e. The van der Waals surface area contributed by atoms with Crippen LogP contribution in [0.25, 0.3) is 0 Å². The van der Waals surface area contributed by atoms with Gasteiger partial charge >= 0.3 is 0 Å². The molecule has 1 rings (SSSR count). The highest BCUT2D eigenvalue weighted by Crippen LogP contribution is 2.29. The van der Waals surface area contributed by atoms with E-state index in [9.17, 15) is 14.7 Å². The Labute approximate surface area is 183 Å². The van der Waals surface area contributed by atoms with Crippen LogP contribution in [0.15, 0.2) is 45.9 Å². The Hall–Kier alpha value is -2.10. The van der Waals surface area contributed by atoms with Crippen LogP contribution >= 0.6 is 0 Å². The number of nitrogens with one attached hydrogen (secondary N) is 1. The van der Waals surface area contributed by atoms with Crippen molar-refractivity contribution in [2.24, 2.45) is 5.41 Å². The average molecular weight is 416 g/mol. The topological polar surface area (TPSA) is 66.4 Å². The number of hydrogen-bond acceptors (Lipinski definition) is 4. The quantitative estimate of drug-likeness (QED) is 0.175.